The van der Waals surface area contributed by atoms with Gasteiger partial charge >= 0.3 is 0 Å². The lowest BCUT2D eigenvalue weighted by Gasteiger charge is -2.18. The third-order valence-corrected chi connectivity index (χ3v) is 4.60. The molecule has 2 heterocycles. The molecular formula is C15H15NOS. The number of rotatable bonds is 3. The summed E-state index contributed by atoms with van der Waals surface area (Å²) in [7, 11) is 0. The Hall–Kier alpha value is -1.32. The molecule has 0 radical (unpaired) electrons. The summed E-state index contributed by atoms with van der Waals surface area (Å²) in [5.41, 5.74) is 2.44. The lowest BCUT2D eigenvalue weighted by molar-refractivity contribution is 0.151. The Morgan fingerprint density at radius 3 is 2.83 bits per heavy atom. The second kappa shape index (κ2) is 5.12. The zero-order valence-electron chi connectivity index (χ0n) is 9.99. The highest BCUT2D eigenvalue weighted by molar-refractivity contribution is 7.99. The molecule has 3 rings (SSSR count). The SMILES string of the molecule is OC(Cc1ccncc1)C1CSc2ccccc21. The fraction of sp³-hybridized carbons (Fsp3) is 0.267. The van der Waals surface area contributed by atoms with Gasteiger partial charge in [0.15, 0.2) is 0 Å². The van der Waals surface area contributed by atoms with Crippen molar-refractivity contribution in [3.8, 4) is 0 Å². The van der Waals surface area contributed by atoms with Gasteiger partial charge in [-0.25, -0.2) is 0 Å². The Morgan fingerprint density at radius 1 is 1.22 bits per heavy atom. The minimum Gasteiger partial charge on any atom is -0.392 e. The van der Waals surface area contributed by atoms with Crippen molar-refractivity contribution in [2.75, 3.05) is 5.75 Å². The molecule has 1 aromatic heterocycles. The van der Waals surface area contributed by atoms with E-state index < -0.39 is 0 Å². The van der Waals surface area contributed by atoms with E-state index in [1.165, 1.54) is 10.5 Å². The highest BCUT2D eigenvalue weighted by Crippen LogP contribution is 2.41. The van der Waals surface area contributed by atoms with Gasteiger partial charge in [-0.2, -0.15) is 0 Å². The molecular weight excluding hydrogens is 242 g/mol. The molecule has 92 valence electrons. The number of aliphatic hydroxyl groups is 1. The Labute approximate surface area is 111 Å². The van der Waals surface area contributed by atoms with E-state index in [1.807, 2.05) is 23.9 Å². The predicted molar refractivity (Wildman–Crippen MR) is 73.9 cm³/mol. The number of hydrogen-bond donors (Lipinski definition) is 1. The topological polar surface area (TPSA) is 33.1 Å². The van der Waals surface area contributed by atoms with Gasteiger partial charge in [0.2, 0.25) is 0 Å². The highest BCUT2D eigenvalue weighted by Gasteiger charge is 2.28. The Morgan fingerprint density at radius 2 is 2.00 bits per heavy atom. The molecule has 1 aliphatic rings. The molecule has 0 saturated heterocycles. The zero-order chi connectivity index (χ0) is 12.4. The van der Waals surface area contributed by atoms with Crippen LogP contribution in [0.15, 0.2) is 53.7 Å². The molecule has 2 aromatic rings. The van der Waals surface area contributed by atoms with Gasteiger partial charge in [0.05, 0.1) is 6.10 Å². The van der Waals surface area contributed by atoms with Gasteiger partial charge in [-0.3, -0.25) is 4.98 Å². The third kappa shape index (κ3) is 2.28. The summed E-state index contributed by atoms with van der Waals surface area (Å²) in [5, 5.41) is 10.4. The van der Waals surface area contributed by atoms with Crippen molar-refractivity contribution in [1.29, 1.82) is 0 Å². The number of thioether (sulfide) groups is 1. The van der Waals surface area contributed by atoms with E-state index in [1.54, 1.807) is 12.4 Å². The first kappa shape index (κ1) is 11.8. The van der Waals surface area contributed by atoms with E-state index in [-0.39, 0.29) is 12.0 Å². The molecule has 0 spiro atoms. The van der Waals surface area contributed by atoms with E-state index in [2.05, 4.69) is 29.2 Å². The van der Waals surface area contributed by atoms with Crippen LogP contribution >= 0.6 is 11.8 Å². The van der Waals surface area contributed by atoms with Crippen molar-refractivity contribution in [3.05, 3.63) is 59.9 Å². The number of fused-ring (bicyclic) bond motifs is 1. The number of nitrogens with zero attached hydrogens (tertiary/aromatic N) is 1. The third-order valence-electron chi connectivity index (χ3n) is 3.40. The van der Waals surface area contributed by atoms with Gasteiger partial charge < -0.3 is 5.11 Å². The predicted octanol–water partition coefficient (Wildman–Crippen LogP) is 2.87. The van der Waals surface area contributed by atoms with Crippen molar-refractivity contribution in [3.63, 3.8) is 0 Å². The minimum absolute atomic E-state index is 0.249. The van der Waals surface area contributed by atoms with Crippen molar-refractivity contribution < 1.29 is 5.11 Å². The van der Waals surface area contributed by atoms with Crippen LogP contribution in [0.3, 0.4) is 0 Å². The van der Waals surface area contributed by atoms with E-state index in [0.717, 1.165) is 11.3 Å². The molecule has 1 aromatic carbocycles. The standard InChI is InChI=1S/C15H15NOS/c17-14(9-11-5-7-16-8-6-11)13-10-18-15-4-2-1-3-12(13)15/h1-8,13-14,17H,9-10H2. The Bertz CT molecular complexity index is 529. The molecule has 2 nitrogen and oxygen atoms in total. The maximum absolute atomic E-state index is 10.4. The van der Waals surface area contributed by atoms with Crippen LogP contribution in [0, 0.1) is 0 Å². The monoisotopic (exact) mass is 257 g/mol. The maximum atomic E-state index is 10.4. The van der Waals surface area contributed by atoms with Crippen molar-refractivity contribution >= 4 is 11.8 Å². The number of aliphatic hydroxyl groups excluding tert-OH is 1. The first-order valence-electron chi connectivity index (χ1n) is 6.13. The van der Waals surface area contributed by atoms with Crippen LogP contribution in [0.2, 0.25) is 0 Å². The number of hydrogen-bond acceptors (Lipinski definition) is 3. The molecule has 0 amide bonds. The van der Waals surface area contributed by atoms with Crippen LogP contribution in [0.25, 0.3) is 0 Å². The molecule has 18 heavy (non-hydrogen) atoms. The average molecular weight is 257 g/mol. The Balaban J connectivity index is 1.77. The van der Waals surface area contributed by atoms with E-state index in [9.17, 15) is 5.11 Å². The van der Waals surface area contributed by atoms with Crippen molar-refractivity contribution in [2.45, 2.75) is 23.3 Å². The van der Waals surface area contributed by atoms with Crippen LogP contribution in [0.4, 0.5) is 0 Å². The van der Waals surface area contributed by atoms with Gasteiger partial charge in [-0.1, -0.05) is 18.2 Å². The second-order valence-electron chi connectivity index (χ2n) is 4.58. The first-order valence-corrected chi connectivity index (χ1v) is 7.12. The molecule has 0 saturated carbocycles. The highest BCUT2D eigenvalue weighted by atomic mass is 32.2. The summed E-state index contributed by atoms with van der Waals surface area (Å²) in [6.45, 7) is 0. The molecule has 0 bridgehead atoms. The normalized spacial score (nSPS) is 19.5. The fourth-order valence-electron chi connectivity index (χ4n) is 2.41. The van der Waals surface area contributed by atoms with Crippen molar-refractivity contribution in [2.24, 2.45) is 0 Å². The molecule has 2 unspecified atom stereocenters. The molecule has 2 atom stereocenters. The van der Waals surface area contributed by atoms with Crippen LogP contribution in [-0.4, -0.2) is 21.9 Å². The van der Waals surface area contributed by atoms with Gasteiger partial charge in [-0.15, -0.1) is 11.8 Å². The summed E-state index contributed by atoms with van der Waals surface area (Å²) in [6, 6.07) is 12.3. The summed E-state index contributed by atoms with van der Waals surface area (Å²) in [4.78, 5) is 5.32. The first-order chi connectivity index (χ1) is 8.84. The van der Waals surface area contributed by atoms with Crippen LogP contribution in [0.5, 0.6) is 0 Å². The van der Waals surface area contributed by atoms with Gasteiger partial charge in [0, 0.05) is 29.0 Å². The van der Waals surface area contributed by atoms with Crippen LogP contribution < -0.4 is 0 Å². The fourth-order valence-corrected chi connectivity index (χ4v) is 3.73. The summed E-state index contributed by atoms with van der Waals surface area (Å²) in [5.74, 6) is 1.23. The lowest BCUT2D eigenvalue weighted by Crippen LogP contribution is -2.21. The molecule has 1 N–H and O–H groups in total. The smallest absolute Gasteiger partial charge is 0.0657 e. The molecule has 0 fully saturated rings. The number of pyridine rings is 1. The van der Waals surface area contributed by atoms with Crippen LogP contribution in [-0.2, 0) is 6.42 Å². The minimum atomic E-state index is -0.316. The maximum Gasteiger partial charge on any atom is 0.0657 e. The molecule has 3 heteroatoms. The Kier molecular flexibility index (Phi) is 3.35. The number of benzene rings is 1. The summed E-state index contributed by atoms with van der Waals surface area (Å²) < 4.78 is 0. The van der Waals surface area contributed by atoms with E-state index in [0.29, 0.717) is 6.42 Å². The zero-order valence-corrected chi connectivity index (χ0v) is 10.8. The average Bonchev–Trinajstić information content (AvgIpc) is 2.84. The summed E-state index contributed by atoms with van der Waals surface area (Å²) in [6.07, 6.45) is 3.93. The second-order valence-corrected chi connectivity index (χ2v) is 5.64. The number of aromatic nitrogens is 1. The van der Waals surface area contributed by atoms with Crippen molar-refractivity contribution in [1.82, 2.24) is 4.98 Å². The molecule has 0 aliphatic carbocycles. The summed E-state index contributed by atoms with van der Waals surface area (Å²) >= 11 is 1.84. The lowest BCUT2D eigenvalue weighted by atomic mass is 9.91. The van der Waals surface area contributed by atoms with Gasteiger partial charge in [0.1, 0.15) is 0 Å². The van der Waals surface area contributed by atoms with Gasteiger partial charge in [0.25, 0.3) is 0 Å². The van der Waals surface area contributed by atoms with E-state index in [4.69, 9.17) is 0 Å². The van der Waals surface area contributed by atoms with Crippen LogP contribution in [0.1, 0.15) is 17.0 Å². The molecule has 1 aliphatic heterocycles. The largest absolute Gasteiger partial charge is 0.392 e. The van der Waals surface area contributed by atoms with E-state index >= 15 is 0 Å². The van der Waals surface area contributed by atoms with Gasteiger partial charge in [-0.05, 0) is 35.7 Å². The quantitative estimate of drug-likeness (QED) is 0.918.